The number of anilines is 1. The van der Waals surface area contributed by atoms with E-state index in [2.05, 4.69) is 20.5 Å². The number of rotatable bonds is 5. The van der Waals surface area contributed by atoms with Gasteiger partial charge in [-0.15, -0.1) is 0 Å². The van der Waals surface area contributed by atoms with Crippen molar-refractivity contribution >= 4 is 15.5 Å². The predicted octanol–water partition coefficient (Wildman–Crippen LogP) is 2.63. The van der Waals surface area contributed by atoms with Crippen LogP contribution in [0.2, 0.25) is 0 Å². The number of benzene rings is 2. The number of aromatic amines is 1. The van der Waals surface area contributed by atoms with Crippen molar-refractivity contribution in [1.29, 1.82) is 0 Å². The average Bonchev–Trinajstić information content (AvgIpc) is 3.02. The Morgan fingerprint density at radius 2 is 1.75 bits per heavy atom. The molecule has 2 aromatic carbocycles. The summed E-state index contributed by atoms with van der Waals surface area (Å²) >= 11 is 0. The minimum atomic E-state index is -3.20. The lowest BCUT2D eigenvalue weighted by Crippen LogP contribution is -2.02. The Kier molecular flexibility index (Phi) is 4.30. The summed E-state index contributed by atoms with van der Waals surface area (Å²) < 4.78 is 35.8. The van der Waals surface area contributed by atoms with E-state index in [1.165, 1.54) is 18.4 Å². The third kappa shape index (κ3) is 3.77. The van der Waals surface area contributed by atoms with Gasteiger partial charge in [0.2, 0.25) is 0 Å². The second-order valence-corrected chi connectivity index (χ2v) is 7.28. The molecule has 0 amide bonds. The van der Waals surface area contributed by atoms with Gasteiger partial charge < -0.3 is 5.32 Å². The summed E-state index contributed by atoms with van der Waals surface area (Å²) in [6, 6.07) is 12.4. The van der Waals surface area contributed by atoms with Crippen LogP contribution in [0.25, 0.3) is 11.4 Å². The SMILES string of the molecule is CS(=O)(=O)c1ccc(NCc2nc(-c3ccc(F)cc3)n[nH]2)cc1. The van der Waals surface area contributed by atoms with Crippen LogP contribution in [-0.4, -0.2) is 29.9 Å². The first kappa shape index (κ1) is 16.1. The fourth-order valence-electron chi connectivity index (χ4n) is 2.11. The number of aromatic nitrogens is 3. The number of H-pyrrole nitrogens is 1. The van der Waals surface area contributed by atoms with Crippen LogP contribution < -0.4 is 5.32 Å². The maximum Gasteiger partial charge on any atom is 0.181 e. The fraction of sp³-hybridized carbons (Fsp3) is 0.125. The number of nitrogens with zero attached hydrogens (tertiary/aromatic N) is 2. The van der Waals surface area contributed by atoms with E-state index in [1.54, 1.807) is 36.4 Å². The zero-order chi connectivity index (χ0) is 17.2. The summed E-state index contributed by atoms with van der Waals surface area (Å²) in [5, 5.41) is 10.0. The monoisotopic (exact) mass is 346 g/mol. The Hall–Kier alpha value is -2.74. The molecule has 24 heavy (non-hydrogen) atoms. The average molecular weight is 346 g/mol. The maximum atomic E-state index is 12.9. The molecule has 3 rings (SSSR count). The molecule has 0 radical (unpaired) electrons. The molecule has 1 heterocycles. The Bertz CT molecular complexity index is 935. The number of nitrogens with one attached hydrogen (secondary N) is 2. The highest BCUT2D eigenvalue weighted by molar-refractivity contribution is 7.90. The van der Waals surface area contributed by atoms with E-state index in [4.69, 9.17) is 0 Å². The molecule has 0 aliphatic rings. The van der Waals surface area contributed by atoms with Crippen molar-refractivity contribution in [3.8, 4) is 11.4 Å². The molecule has 3 aromatic rings. The van der Waals surface area contributed by atoms with Crippen LogP contribution in [0.15, 0.2) is 53.4 Å². The topological polar surface area (TPSA) is 87.7 Å². The molecular weight excluding hydrogens is 331 g/mol. The second kappa shape index (κ2) is 6.40. The van der Waals surface area contributed by atoms with E-state index in [1.807, 2.05) is 0 Å². The standard InChI is InChI=1S/C16H15FN4O2S/c1-24(22,23)14-8-6-13(7-9-14)18-10-15-19-16(21-20-15)11-2-4-12(17)5-3-11/h2-9,18H,10H2,1H3,(H,19,20,21). The highest BCUT2D eigenvalue weighted by Crippen LogP contribution is 2.16. The molecule has 0 aliphatic carbocycles. The lowest BCUT2D eigenvalue weighted by molar-refractivity contribution is 0.602. The van der Waals surface area contributed by atoms with Gasteiger partial charge >= 0.3 is 0 Å². The predicted molar refractivity (Wildman–Crippen MR) is 88.7 cm³/mol. The van der Waals surface area contributed by atoms with Gasteiger partial charge in [0.15, 0.2) is 15.7 Å². The van der Waals surface area contributed by atoms with Crippen molar-refractivity contribution < 1.29 is 12.8 Å². The van der Waals surface area contributed by atoms with Gasteiger partial charge in [0.25, 0.3) is 0 Å². The van der Waals surface area contributed by atoms with Crippen LogP contribution in [-0.2, 0) is 16.4 Å². The van der Waals surface area contributed by atoms with E-state index >= 15 is 0 Å². The summed E-state index contributed by atoms with van der Waals surface area (Å²) in [6.45, 7) is 0.395. The highest BCUT2D eigenvalue weighted by atomic mass is 32.2. The Morgan fingerprint density at radius 1 is 1.08 bits per heavy atom. The van der Waals surface area contributed by atoms with Crippen LogP contribution in [0.1, 0.15) is 5.82 Å². The molecule has 6 nitrogen and oxygen atoms in total. The first-order valence-electron chi connectivity index (χ1n) is 7.13. The number of sulfone groups is 1. The maximum absolute atomic E-state index is 12.9. The first-order chi connectivity index (χ1) is 11.4. The summed E-state index contributed by atoms with van der Waals surface area (Å²) in [5.41, 5.74) is 1.48. The van der Waals surface area contributed by atoms with E-state index in [-0.39, 0.29) is 10.7 Å². The highest BCUT2D eigenvalue weighted by Gasteiger charge is 2.08. The minimum Gasteiger partial charge on any atom is -0.378 e. The molecule has 0 saturated heterocycles. The molecule has 0 fully saturated rings. The number of halogens is 1. The van der Waals surface area contributed by atoms with Gasteiger partial charge in [-0.1, -0.05) is 0 Å². The largest absolute Gasteiger partial charge is 0.378 e. The van der Waals surface area contributed by atoms with Crippen molar-refractivity contribution in [3.63, 3.8) is 0 Å². The van der Waals surface area contributed by atoms with Gasteiger partial charge in [0, 0.05) is 17.5 Å². The van der Waals surface area contributed by atoms with Crippen molar-refractivity contribution in [2.24, 2.45) is 0 Å². The Balaban J connectivity index is 1.66. The third-order valence-electron chi connectivity index (χ3n) is 3.38. The van der Waals surface area contributed by atoms with Crippen molar-refractivity contribution in [2.45, 2.75) is 11.4 Å². The van der Waals surface area contributed by atoms with Crippen LogP contribution in [0, 0.1) is 5.82 Å². The summed E-state index contributed by atoms with van der Waals surface area (Å²) in [5.74, 6) is 0.787. The first-order valence-corrected chi connectivity index (χ1v) is 9.02. The molecule has 124 valence electrons. The molecule has 0 spiro atoms. The van der Waals surface area contributed by atoms with E-state index in [0.29, 0.717) is 18.2 Å². The number of hydrogen-bond donors (Lipinski definition) is 2. The smallest absolute Gasteiger partial charge is 0.181 e. The van der Waals surface area contributed by atoms with Crippen molar-refractivity contribution in [2.75, 3.05) is 11.6 Å². The van der Waals surface area contributed by atoms with Crippen LogP contribution in [0.3, 0.4) is 0 Å². The van der Waals surface area contributed by atoms with E-state index in [0.717, 1.165) is 11.3 Å². The van der Waals surface area contributed by atoms with Gasteiger partial charge in [-0.3, -0.25) is 5.10 Å². The van der Waals surface area contributed by atoms with Gasteiger partial charge in [0.1, 0.15) is 11.6 Å². The van der Waals surface area contributed by atoms with Crippen LogP contribution >= 0.6 is 0 Å². The van der Waals surface area contributed by atoms with E-state index < -0.39 is 9.84 Å². The molecule has 0 unspecified atom stereocenters. The van der Waals surface area contributed by atoms with Gasteiger partial charge in [-0.2, -0.15) is 5.10 Å². The molecule has 0 atom stereocenters. The fourth-order valence-corrected chi connectivity index (χ4v) is 2.74. The zero-order valence-electron chi connectivity index (χ0n) is 12.8. The molecular formula is C16H15FN4O2S. The minimum absolute atomic E-state index is 0.270. The van der Waals surface area contributed by atoms with Crippen LogP contribution in [0.4, 0.5) is 10.1 Å². The van der Waals surface area contributed by atoms with E-state index in [9.17, 15) is 12.8 Å². The Labute approximate surface area is 138 Å². The Morgan fingerprint density at radius 3 is 2.38 bits per heavy atom. The second-order valence-electron chi connectivity index (χ2n) is 5.26. The third-order valence-corrected chi connectivity index (χ3v) is 4.51. The summed E-state index contributed by atoms with van der Waals surface area (Å²) in [6.07, 6.45) is 1.17. The van der Waals surface area contributed by atoms with Gasteiger partial charge in [0.05, 0.1) is 11.4 Å². The van der Waals surface area contributed by atoms with Crippen molar-refractivity contribution in [3.05, 3.63) is 60.2 Å². The molecule has 2 N–H and O–H groups in total. The van der Waals surface area contributed by atoms with Gasteiger partial charge in [-0.05, 0) is 48.5 Å². The molecule has 0 bridgehead atoms. The van der Waals surface area contributed by atoms with Crippen molar-refractivity contribution in [1.82, 2.24) is 15.2 Å². The molecule has 1 aromatic heterocycles. The lowest BCUT2D eigenvalue weighted by Gasteiger charge is -2.05. The van der Waals surface area contributed by atoms with Crippen LogP contribution in [0.5, 0.6) is 0 Å². The summed E-state index contributed by atoms with van der Waals surface area (Å²) in [4.78, 5) is 4.60. The molecule has 0 saturated carbocycles. The molecule has 8 heteroatoms. The van der Waals surface area contributed by atoms with Gasteiger partial charge in [-0.25, -0.2) is 17.8 Å². The number of hydrogen-bond acceptors (Lipinski definition) is 5. The zero-order valence-corrected chi connectivity index (χ0v) is 13.6. The quantitative estimate of drug-likeness (QED) is 0.741. The lowest BCUT2D eigenvalue weighted by atomic mass is 10.2. The normalized spacial score (nSPS) is 11.4. The summed E-state index contributed by atoms with van der Waals surface area (Å²) in [7, 11) is -3.20. The molecule has 0 aliphatic heterocycles.